The minimum atomic E-state index is -0.0553. The number of piperidine rings is 1. The smallest absolute Gasteiger partial charge is 0.284 e. The van der Waals surface area contributed by atoms with Crippen molar-refractivity contribution in [3.63, 3.8) is 0 Å². The van der Waals surface area contributed by atoms with Crippen LogP contribution in [0.2, 0.25) is 0 Å². The first-order valence-electron chi connectivity index (χ1n) is 6.24. The third kappa shape index (κ3) is 2.02. The predicted molar refractivity (Wildman–Crippen MR) is 70.7 cm³/mol. The third-order valence-electron chi connectivity index (χ3n) is 3.27. The molecule has 0 atom stereocenters. The lowest BCUT2D eigenvalue weighted by Crippen LogP contribution is -2.45. The number of aromatic nitrogens is 2. The molecule has 0 bridgehead atoms. The van der Waals surface area contributed by atoms with Crippen LogP contribution in [0.3, 0.4) is 0 Å². The molecule has 0 radical (unpaired) electrons. The van der Waals surface area contributed by atoms with Gasteiger partial charge in [-0.3, -0.25) is 14.6 Å². The number of fused-ring (bicyclic) bond motifs is 1. The molecular weight excluding hydrogens is 248 g/mol. The van der Waals surface area contributed by atoms with Gasteiger partial charge in [-0.25, -0.2) is 9.99 Å². The van der Waals surface area contributed by atoms with Gasteiger partial charge < -0.3 is 0 Å². The van der Waals surface area contributed by atoms with Gasteiger partial charge >= 0.3 is 0 Å². The Kier molecular flexibility index (Phi) is 3.05. The number of amides is 1. The highest BCUT2D eigenvalue weighted by atomic mass is 32.1. The van der Waals surface area contributed by atoms with E-state index in [4.69, 9.17) is 0 Å². The number of hydrogen-bond acceptors (Lipinski definition) is 4. The highest BCUT2D eigenvalue weighted by Gasteiger charge is 2.20. The lowest BCUT2D eigenvalue weighted by molar-refractivity contribution is 0.0743. The number of nitrogens with zero attached hydrogens (tertiary/aromatic N) is 3. The summed E-state index contributed by atoms with van der Waals surface area (Å²) in [5, 5.41) is 3.95. The number of aryl methyl sites for hydroxylation is 1. The molecule has 2 aromatic heterocycles. The maximum absolute atomic E-state index is 12.3. The number of nitrogens with one attached hydrogen (secondary N) is 1. The van der Waals surface area contributed by atoms with E-state index in [1.807, 2.05) is 27.9 Å². The second-order valence-electron chi connectivity index (χ2n) is 4.59. The molecule has 18 heavy (non-hydrogen) atoms. The van der Waals surface area contributed by atoms with Crippen molar-refractivity contribution in [1.29, 1.82) is 0 Å². The zero-order valence-corrected chi connectivity index (χ0v) is 11.2. The average Bonchev–Trinajstić information content (AvgIpc) is 2.89. The normalized spacial score (nSPS) is 17.2. The van der Waals surface area contributed by atoms with Crippen molar-refractivity contribution in [2.24, 2.45) is 0 Å². The van der Waals surface area contributed by atoms with Crippen LogP contribution in [0, 0.1) is 6.92 Å². The molecule has 0 spiro atoms. The van der Waals surface area contributed by atoms with Crippen LogP contribution >= 0.6 is 11.3 Å². The van der Waals surface area contributed by atoms with Crippen LogP contribution in [-0.2, 0) is 0 Å². The van der Waals surface area contributed by atoms with E-state index in [1.165, 1.54) is 6.42 Å². The van der Waals surface area contributed by atoms with Gasteiger partial charge in [0.15, 0.2) is 4.96 Å². The van der Waals surface area contributed by atoms with Crippen molar-refractivity contribution in [3.05, 3.63) is 23.0 Å². The van der Waals surface area contributed by atoms with Gasteiger partial charge in [0.25, 0.3) is 5.91 Å². The lowest BCUT2D eigenvalue weighted by Gasteiger charge is -2.26. The maximum Gasteiger partial charge on any atom is 0.284 e. The second kappa shape index (κ2) is 4.70. The molecule has 0 aliphatic carbocycles. The van der Waals surface area contributed by atoms with Crippen LogP contribution in [0.15, 0.2) is 11.6 Å². The Labute approximate surface area is 109 Å². The number of hydrogen-bond donors (Lipinski definition) is 1. The van der Waals surface area contributed by atoms with Crippen molar-refractivity contribution in [2.75, 3.05) is 13.1 Å². The summed E-state index contributed by atoms with van der Waals surface area (Å²) in [6.07, 6.45) is 5.46. The molecule has 5 nitrogen and oxygen atoms in total. The summed E-state index contributed by atoms with van der Waals surface area (Å²) in [6.45, 7) is 3.76. The Morgan fingerprint density at radius 2 is 2.17 bits per heavy atom. The van der Waals surface area contributed by atoms with Crippen LogP contribution in [0.4, 0.5) is 0 Å². The summed E-state index contributed by atoms with van der Waals surface area (Å²) in [5.74, 6) is -0.0553. The topological polar surface area (TPSA) is 49.6 Å². The summed E-state index contributed by atoms with van der Waals surface area (Å²) in [7, 11) is 0. The van der Waals surface area contributed by atoms with Gasteiger partial charge in [0.05, 0.1) is 5.69 Å². The number of rotatable bonds is 2. The first kappa shape index (κ1) is 11.7. The van der Waals surface area contributed by atoms with Crippen molar-refractivity contribution in [3.8, 4) is 0 Å². The van der Waals surface area contributed by atoms with E-state index in [0.717, 1.165) is 36.6 Å². The van der Waals surface area contributed by atoms with Gasteiger partial charge in [0.1, 0.15) is 5.69 Å². The Morgan fingerprint density at radius 1 is 1.39 bits per heavy atom. The molecule has 1 fully saturated rings. The fourth-order valence-electron chi connectivity index (χ4n) is 2.37. The molecule has 1 N–H and O–H groups in total. The molecule has 1 aliphatic heterocycles. The van der Waals surface area contributed by atoms with Crippen molar-refractivity contribution < 1.29 is 4.79 Å². The Bertz CT molecular complexity index is 568. The van der Waals surface area contributed by atoms with E-state index in [0.29, 0.717) is 5.69 Å². The average molecular weight is 264 g/mol. The SMILES string of the molecule is Cc1nc2sccn2c1C(=O)NN1CCCCC1. The molecule has 3 rings (SSSR count). The first-order valence-corrected chi connectivity index (χ1v) is 7.12. The molecule has 3 heterocycles. The van der Waals surface area contributed by atoms with Gasteiger partial charge in [0, 0.05) is 24.7 Å². The standard InChI is InChI=1S/C12H16N4OS/c1-9-10(16-7-8-18-12(16)13-9)11(17)14-15-5-3-2-4-6-15/h7-8H,2-6H2,1H3,(H,14,17). The quantitative estimate of drug-likeness (QED) is 0.900. The van der Waals surface area contributed by atoms with E-state index < -0.39 is 0 Å². The van der Waals surface area contributed by atoms with E-state index >= 15 is 0 Å². The van der Waals surface area contributed by atoms with Gasteiger partial charge in [0.2, 0.25) is 0 Å². The molecule has 1 saturated heterocycles. The molecule has 0 saturated carbocycles. The number of thiazole rings is 1. The fourth-order valence-corrected chi connectivity index (χ4v) is 3.13. The predicted octanol–water partition coefficient (Wildman–Crippen LogP) is 1.83. The van der Waals surface area contributed by atoms with Gasteiger partial charge in [-0.1, -0.05) is 6.42 Å². The largest absolute Gasteiger partial charge is 0.286 e. The Hall–Kier alpha value is -1.40. The third-order valence-corrected chi connectivity index (χ3v) is 4.02. The Morgan fingerprint density at radius 3 is 2.94 bits per heavy atom. The fraction of sp³-hybridized carbons (Fsp3) is 0.500. The molecular formula is C12H16N4OS. The minimum Gasteiger partial charge on any atom is -0.286 e. The highest BCUT2D eigenvalue weighted by molar-refractivity contribution is 7.15. The Balaban J connectivity index is 1.82. The molecule has 6 heteroatoms. The first-order chi connectivity index (χ1) is 8.75. The summed E-state index contributed by atoms with van der Waals surface area (Å²) in [6, 6.07) is 0. The minimum absolute atomic E-state index is 0.0553. The molecule has 0 unspecified atom stereocenters. The maximum atomic E-state index is 12.3. The summed E-state index contributed by atoms with van der Waals surface area (Å²) < 4.78 is 1.86. The van der Waals surface area contributed by atoms with Crippen molar-refractivity contribution >= 4 is 22.2 Å². The summed E-state index contributed by atoms with van der Waals surface area (Å²) in [4.78, 5) is 17.6. The molecule has 2 aromatic rings. The van der Waals surface area contributed by atoms with E-state index in [2.05, 4.69) is 10.4 Å². The van der Waals surface area contributed by atoms with Gasteiger partial charge in [-0.2, -0.15) is 0 Å². The van der Waals surface area contributed by atoms with Crippen molar-refractivity contribution in [2.45, 2.75) is 26.2 Å². The molecule has 0 aromatic carbocycles. The van der Waals surface area contributed by atoms with Gasteiger partial charge in [-0.05, 0) is 19.8 Å². The highest BCUT2D eigenvalue weighted by Crippen LogP contribution is 2.17. The van der Waals surface area contributed by atoms with Crippen LogP contribution in [0.25, 0.3) is 4.96 Å². The number of imidazole rings is 1. The number of carbonyl (C=O) groups is 1. The van der Waals surface area contributed by atoms with E-state index in [1.54, 1.807) is 11.3 Å². The van der Waals surface area contributed by atoms with Crippen molar-refractivity contribution in [1.82, 2.24) is 19.8 Å². The molecule has 96 valence electrons. The molecule has 1 aliphatic rings. The molecule has 1 amide bonds. The zero-order valence-electron chi connectivity index (χ0n) is 10.3. The summed E-state index contributed by atoms with van der Waals surface area (Å²) >= 11 is 1.54. The second-order valence-corrected chi connectivity index (χ2v) is 5.46. The summed E-state index contributed by atoms with van der Waals surface area (Å²) in [5.41, 5.74) is 4.42. The number of hydrazine groups is 1. The lowest BCUT2D eigenvalue weighted by atomic mass is 10.2. The van der Waals surface area contributed by atoms with Crippen LogP contribution in [0.1, 0.15) is 35.4 Å². The van der Waals surface area contributed by atoms with E-state index in [9.17, 15) is 4.79 Å². The van der Waals surface area contributed by atoms with Crippen LogP contribution in [0.5, 0.6) is 0 Å². The van der Waals surface area contributed by atoms with Gasteiger partial charge in [-0.15, -0.1) is 11.3 Å². The zero-order chi connectivity index (χ0) is 12.5. The monoisotopic (exact) mass is 264 g/mol. The van der Waals surface area contributed by atoms with Crippen LogP contribution in [-0.4, -0.2) is 33.4 Å². The number of carbonyl (C=O) groups excluding carboxylic acids is 1. The van der Waals surface area contributed by atoms with Crippen LogP contribution < -0.4 is 5.43 Å². The van der Waals surface area contributed by atoms with E-state index in [-0.39, 0.29) is 5.91 Å².